The molecule has 0 radical (unpaired) electrons. The third-order valence-corrected chi connectivity index (χ3v) is 10.2. The van der Waals surface area contributed by atoms with E-state index in [1.165, 1.54) is 27.5 Å². The molecule has 3 aromatic heterocycles. The summed E-state index contributed by atoms with van der Waals surface area (Å²) in [7, 11) is 0. The average Bonchev–Trinajstić information content (AvgIpc) is 3.67. The van der Waals surface area contributed by atoms with Gasteiger partial charge in [0.1, 0.15) is 5.69 Å². The van der Waals surface area contributed by atoms with E-state index in [9.17, 15) is 32.7 Å². The molecule has 1 aliphatic heterocycles. The van der Waals surface area contributed by atoms with Gasteiger partial charge in [-0.05, 0) is 67.4 Å². The quantitative estimate of drug-likeness (QED) is 0.210. The number of nitrogens with zero attached hydrogens (tertiary/aromatic N) is 7. The average molecular weight is 790 g/mol. The molecule has 53 heavy (non-hydrogen) atoms. The number of benzene rings is 3. The number of aliphatic hydroxyl groups excluding tert-OH is 1. The van der Waals surface area contributed by atoms with Crippen LogP contribution >= 0.6 is 15.9 Å². The van der Waals surface area contributed by atoms with Gasteiger partial charge in [0.25, 0.3) is 11.8 Å². The molecule has 12 nitrogen and oxygen atoms in total. The minimum atomic E-state index is -4.84. The van der Waals surface area contributed by atoms with Crippen LogP contribution in [0.2, 0.25) is 0 Å². The Hall–Kier alpha value is -5.61. The first-order chi connectivity index (χ1) is 25.3. The zero-order valence-corrected chi connectivity index (χ0v) is 30.0. The van der Waals surface area contributed by atoms with E-state index in [1.54, 1.807) is 47.6 Å². The molecule has 2 N–H and O–H groups in total. The Morgan fingerprint density at radius 1 is 1.06 bits per heavy atom. The summed E-state index contributed by atoms with van der Waals surface area (Å²) < 4.78 is 44.0. The number of imidazole rings is 1. The van der Waals surface area contributed by atoms with E-state index in [0.717, 1.165) is 20.3 Å². The largest absolute Gasteiger partial charge is 0.416 e. The molecule has 16 heteroatoms. The van der Waals surface area contributed by atoms with Crippen LogP contribution in [0.15, 0.2) is 94.6 Å². The van der Waals surface area contributed by atoms with E-state index in [-0.39, 0.29) is 42.4 Å². The molecule has 0 spiro atoms. The van der Waals surface area contributed by atoms with Gasteiger partial charge in [0, 0.05) is 52.5 Å². The molecule has 1 aliphatic rings. The smallest absolute Gasteiger partial charge is 0.382 e. The number of aromatic nitrogens is 6. The predicted octanol–water partition coefficient (Wildman–Crippen LogP) is 5.41. The minimum absolute atomic E-state index is 0.000589. The van der Waals surface area contributed by atoms with Crippen molar-refractivity contribution in [2.75, 3.05) is 0 Å². The van der Waals surface area contributed by atoms with Crippen molar-refractivity contribution in [3.8, 4) is 17.1 Å². The molecule has 6 aromatic rings. The second-order valence-electron chi connectivity index (χ2n) is 12.8. The molecule has 2 atom stereocenters. The van der Waals surface area contributed by atoms with Gasteiger partial charge in [-0.1, -0.05) is 40.2 Å². The lowest BCUT2D eigenvalue weighted by Crippen LogP contribution is -2.47. The third-order valence-electron chi connectivity index (χ3n) is 9.30. The summed E-state index contributed by atoms with van der Waals surface area (Å²) in [5.74, 6) is -0.388. The maximum atomic E-state index is 14.4. The van der Waals surface area contributed by atoms with Gasteiger partial charge in [0.15, 0.2) is 11.9 Å². The summed E-state index contributed by atoms with van der Waals surface area (Å²) in [5, 5.41) is 17.0. The number of aliphatic hydroxyl groups is 1. The number of rotatable bonds is 8. The lowest BCUT2D eigenvalue weighted by Gasteiger charge is -2.34. The van der Waals surface area contributed by atoms with Crippen molar-refractivity contribution in [2.24, 2.45) is 0 Å². The highest BCUT2D eigenvalue weighted by Crippen LogP contribution is 2.28. The van der Waals surface area contributed by atoms with Gasteiger partial charge in [0.2, 0.25) is 0 Å². The molecular formula is C37H32BrF3N8O4. The summed E-state index contributed by atoms with van der Waals surface area (Å²) >= 11 is 3.47. The Morgan fingerprint density at radius 2 is 1.81 bits per heavy atom. The van der Waals surface area contributed by atoms with Crippen LogP contribution in [0, 0.1) is 6.92 Å². The highest BCUT2D eigenvalue weighted by Gasteiger charge is 2.39. The molecule has 0 unspecified atom stereocenters. The van der Waals surface area contributed by atoms with E-state index in [0.29, 0.717) is 28.0 Å². The molecule has 2 amide bonds. The Morgan fingerprint density at radius 3 is 2.55 bits per heavy atom. The number of halogens is 4. The predicted molar refractivity (Wildman–Crippen MR) is 192 cm³/mol. The number of aryl methyl sites for hydroxylation is 1. The molecule has 0 fully saturated rings. The van der Waals surface area contributed by atoms with Crippen molar-refractivity contribution < 1.29 is 27.9 Å². The van der Waals surface area contributed by atoms with E-state index >= 15 is 0 Å². The minimum Gasteiger partial charge on any atom is -0.382 e. The standard InChI is InChI=1S/C37H32BrF3N8O4/c1-21-14-23(8-10-28(21)38)35(52)46-19-30-32(34(51)44-16-24-6-3-4-7-27(24)33-42-12-5-13-43-33)49(36(53)47(30)18-22(46)2)26-9-11-29-25(15-26)17-45-48(29)20-31(50)37(39,40)41/h3-15,17,22,31,50H,16,18-20H2,1-2H3,(H,44,51)/t22-,31-/m1/s1. The lowest BCUT2D eigenvalue weighted by molar-refractivity contribution is -0.207. The topological polar surface area (TPSA) is 140 Å². The van der Waals surface area contributed by atoms with Gasteiger partial charge in [-0.2, -0.15) is 18.3 Å². The molecule has 0 saturated heterocycles. The van der Waals surface area contributed by atoms with E-state index in [2.05, 4.69) is 36.3 Å². The number of hydrogen-bond acceptors (Lipinski definition) is 7. The van der Waals surface area contributed by atoms with Crippen molar-refractivity contribution in [1.29, 1.82) is 0 Å². The van der Waals surface area contributed by atoms with Gasteiger partial charge < -0.3 is 15.3 Å². The fraction of sp³-hybridized carbons (Fsp3) is 0.243. The summed E-state index contributed by atoms with van der Waals surface area (Å²) in [5.41, 5.74) is 3.09. The highest BCUT2D eigenvalue weighted by atomic mass is 79.9. The van der Waals surface area contributed by atoms with Crippen LogP contribution in [0.5, 0.6) is 0 Å². The second kappa shape index (κ2) is 14.1. The number of carbonyl (C=O) groups is 2. The normalized spacial score (nSPS) is 15.0. The van der Waals surface area contributed by atoms with Crippen molar-refractivity contribution in [2.45, 2.75) is 58.3 Å². The molecular weight excluding hydrogens is 757 g/mol. The maximum absolute atomic E-state index is 14.4. The zero-order valence-electron chi connectivity index (χ0n) is 28.4. The monoisotopic (exact) mass is 788 g/mol. The first kappa shape index (κ1) is 35.8. The van der Waals surface area contributed by atoms with Gasteiger partial charge in [0.05, 0.1) is 36.2 Å². The first-order valence-corrected chi connectivity index (χ1v) is 17.4. The summed E-state index contributed by atoms with van der Waals surface area (Å²) in [6, 6.07) is 18.4. The van der Waals surface area contributed by atoms with Crippen molar-refractivity contribution in [1.82, 2.24) is 39.1 Å². The maximum Gasteiger partial charge on any atom is 0.416 e. The van der Waals surface area contributed by atoms with Crippen molar-refractivity contribution in [3.05, 3.63) is 128 Å². The molecule has 7 rings (SSSR count). The van der Waals surface area contributed by atoms with Gasteiger partial charge in [-0.25, -0.2) is 14.8 Å². The molecule has 0 aliphatic carbocycles. The fourth-order valence-corrected chi connectivity index (χ4v) is 6.77. The third kappa shape index (κ3) is 6.87. The molecule has 0 saturated carbocycles. The van der Waals surface area contributed by atoms with Gasteiger partial charge in [-0.3, -0.25) is 23.4 Å². The Labute approximate surface area is 308 Å². The van der Waals surface area contributed by atoms with Crippen molar-refractivity contribution >= 4 is 38.6 Å². The SMILES string of the molecule is Cc1cc(C(=O)N2Cc3c(C(=O)NCc4ccccc4-c4ncccn4)n(-c4ccc5c(cnn5C[C@@H](O)C(F)(F)F)c4)c(=O)n3C[C@H]2C)ccc1Br. The fourth-order valence-electron chi connectivity index (χ4n) is 6.52. The zero-order chi connectivity index (χ0) is 37.6. The number of amides is 2. The van der Waals surface area contributed by atoms with Crippen LogP contribution in [0.1, 0.15) is 44.6 Å². The summed E-state index contributed by atoms with van der Waals surface area (Å²) in [6.45, 7) is 2.99. The number of carbonyl (C=O) groups excluding carboxylic acids is 2. The molecule has 4 heterocycles. The van der Waals surface area contributed by atoms with Crippen LogP contribution in [0.3, 0.4) is 0 Å². The van der Waals surface area contributed by atoms with Crippen LogP contribution < -0.4 is 11.0 Å². The summed E-state index contributed by atoms with van der Waals surface area (Å²) in [6.07, 6.45) is -2.90. The van der Waals surface area contributed by atoms with E-state index < -0.39 is 36.5 Å². The van der Waals surface area contributed by atoms with Crippen LogP contribution in [-0.2, 0) is 26.2 Å². The van der Waals surface area contributed by atoms with Crippen molar-refractivity contribution in [3.63, 3.8) is 0 Å². The second-order valence-corrected chi connectivity index (χ2v) is 13.7. The number of nitrogens with one attached hydrogen (secondary N) is 1. The highest BCUT2D eigenvalue weighted by molar-refractivity contribution is 9.10. The van der Waals surface area contributed by atoms with Gasteiger partial charge >= 0.3 is 11.9 Å². The number of fused-ring (bicyclic) bond motifs is 2. The Kier molecular flexibility index (Phi) is 9.50. The Bertz CT molecular complexity index is 2420. The number of hydrogen-bond donors (Lipinski definition) is 2. The Balaban J connectivity index is 1.29. The van der Waals surface area contributed by atoms with Gasteiger partial charge in [-0.15, -0.1) is 0 Å². The van der Waals surface area contributed by atoms with Crippen LogP contribution in [-0.4, -0.2) is 69.0 Å². The molecule has 0 bridgehead atoms. The van der Waals surface area contributed by atoms with E-state index in [4.69, 9.17) is 0 Å². The molecule has 272 valence electrons. The van der Waals surface area contributed by atoms with E-state index in [1.807, 2.05) is 38.1 Å². The first-order valence-electron chi connectivity index (χ1n) is 16.6. The molecule has 3 aromatic carbocycles. The number of alkyl halides is 3. The summed E-state index contributed by atoms with van der Waals surface area (Å²) in [4.78, 5) is 52.8. The van der Waals surface area contributed by atoms with Crippen LogP contribution in [0.4, 0.5) is 13.2 Å². The van der Waals surface area contributed by atoms with Crippen LogP contribution in [0.25, 0.3) is 28.0 Å². The lowest BCUT2D eigenvalue weighted by atomic mass is 10.1.